The van der Waals surface area contributed by atoms with E-state index in [1.165, 1.54) is 6.07 Å². The largest absolute Gasteiger partial charge is 0.481 e. The Kier molecular flexibility index (Phi) is 4.25. The highest BCUT2D eigenvalue weighted by atomic mass is 35.5. The molecule has 0 aromatic carbocycles. The van der Waals surface area contributed by atoms with Crippen molar-refractivity contribution in [2.75, 3.05) is 12.5 Å². The van der Waals surface area contributed by atoms with E-state index >= 15 is 0 Å². The smallest absolute Gasteiger partial charge is 0.406 e. The summed E-state index contributed by atoms with van der Waals surface area (Å²) in [7, 11) is 0. The number of halogens is 1. The summed E-state index contributed by atoms with van der Waals surface area (Å²) in [6, 6.07) is 3.16. The fourth-order valence-corrected chi connectivity index (χ4v) is 1.07. The van der Waals surface area contributed by atoms with E-state index in [9.17, 15) is 10.1 Å². The molecule has 0 amide bonds. The third-order valence-electron chi connectivity index (χ3n) is 1.77. The summed E-state index contributed by atoms with van der Waals surface area (Å²) in [5.74, 6) is 0.0943. The van der Waals surface area contributed by atoms with E-state index in [-0.39, 0.29) is 24.1 Å². The molecule has 0 fully saturated rings. The van der Waals surface area contributed by atoms with E-state index < -0.39 is 4.92 Å². The normalized spacial score (nSPS) is 9.88. The van der Waals surface area contributed by atoms with E-state index in [1.54, 1.807) is 13.0 Å². The third kappa shape index (κ3) is 3.20. The van der Waals surface area contributed by atoms with Gasteiger partial charge in [-0.15, -0.1) is 11.6 Å². The molecule has 0 unspecified atom stereocenters. The zero-order valence-electron chi connectivity index (χ0n) is 8.77. The molecule has 86 valence electrons. The molecular weight excluding hydrogens is 232 g/mol. The topological polar surface area (TPSA) is 65.3 Å². The van der Waals surface area contributed by atoms with Crippen molar-refractivity contribution in [3.05, 3.63) is 40.1 Å². The van der Waals surface area contributed by atoms with Gasteiger partial charge in [0.2, 0.25) is 5.75 Å². The van der Waals surface area contributed by atoms with Gasteiger partial charge in [0, 0.05) is 12.8 Å². The molecule has 0 N–H and O–H groups in total. The first-order valence-electron chi connectivity index (χ1n) is 4.52. The molecular formula is C10H11ClN2O3. The molecule has 0 aliphatic carbocycles. The van der Waals surface area contributed by atoms with Crippen LogP contribution in [0.4, 0.5) is 5.82 Å². The van der Waals surface area contributed by atoms with Crippen molar-refractivity contribution in [2.45, 2.75) is 6.92 Å². The first-order valence-corrected chi connectivity index (χ1v) is 5.05. The average Bonchev–Trinajstić information content (AvgIpc) is 2.26. The Bertz CT molecular complexity index is 421. The minimum Gasteiger partial charge on any atom is -0.481 e. The average molecular weight is 243 g/mol. The standard InChI is InChI=1S/C10H11ClN2O3/c1-7(5-11)6-16-9-4-3-8(2)12-10(9)13(14)15/h3-4H,1,5-6H2,2H3. The van der Waals surface area contributed by atoms with Gasteiger partial charge in [-0.05, 0) is 27.6 Å². The van der Waals surface area contributed by atoms with Gasteiger partial charge in [0.25, 0.3) is 0 Å². The Morgan fingerprint density at radius 3 is 2.94 bits per heavy atom. The highest BCUT2D eigenvalue weighted by Crippen LogP contribution is 2.24. The van der Waals surface area contributed by atoms with Gasteiger partial charge in [-0.1, -0.05) is 6.58 Å². The van der Waals surface area contributed by atoms with Crippen LogP contribution in [0.15, 0.2) is 24.3 Å². The first-order chi connectivity index (χ1) is 7.54. The predicted molar refractivity (Wildman–Crippen MR) is 61.0 cm³/mol. The molecule has 0 saturated heterocycles. The molecule has 1 aromatic rings. The first kappa shape index (κ1) is 12.4. The molecule has 0 spiro atoms. The SMILES string of the molecule is C=C(CCl)COc1ccc(C)nc1[N+](=O)[O-]. The van der Waals surface area contributed by atoms with Crippen molar-refractivity contribution in [2.24, 2.45) is 0 Å². The quantitative estimate of drug-likeness (QED) is 0.344. The van der Waals surface area contributed by atoms with Crippen LogP contribution < -0.4 is 4.74 Å². The second-order valence-corrected chi connectivity index (χ2v) is 3.47. The maximum atomic E-state index is 10.7. The number of rotatable bonds is 5. The second-order valence-electron chi connectivity index (χ2n) is 3.20. The lowest BCUT2D eigenvalue weighted by Gasteiger charge is -2.06. The van der Waals surface area contributed by atoms with Gasteiger partial charge in [0.05, 0.1) is 0 Å². The minimum absolute atomic E-state index is 0.127. The fraction of sp³-hybridized carbons (Fsp3) is 0.300. The molecule has 0 saturated carbocycles. The molecule has 16 heavy (non-hydrogen) atoms. The van der Waals surface area contributed by atoms with Crippen molar-refractivity contribution < 1.29 is 9.66 Å². The fourth-order valence-electron chi connectivity index (χ4n) is 0.992. The van der Waals surface area contributed by atoms with Crippen LogP contribution >= 0.6 is 11.6 Å². The molecule has 6 heteroatoms. The van der Waals surface area contributed by atoms with Crippen molar-refractivity contribution in [1.29, 1.82) is 0 Å². The lowest BCUT2D eigenvalue weighted by molar-refractivity contribution is -0.390. The van der Waals surface area contributed by atoms with Gasteiger partial charge < -0.3 is 14.9 Å². The summed E-state index contributed by atoms with van der Waals surface area (Å²) in [5.41, 5.74) is 1.21. The summed E-state index contributed by atoms with van der Waals surface area (Å²) >= 11 is 5.52. The lowest BCUT2D eigenvalue weighted by Crippen LogP contribution is -2.05. The van der Waals surface area contributed by atoms with Crippen LogP contribution in [0, 0.1) is 17.0 Å². The van der Waals surface area contributed by atoms with E-state index in [2.05, 4.69) is 11.6 Å². The Labute approximate surface area is 97.9 Å². The van der Waals surface area contributed by atoms with Crippen LogP contribution in [0.5, 0.6) is 5.75 Å². The maximum absolute atomic E-state index is 10.7. The molecule has 1 aromatic heterocycles. The zero-order valence-corrected chi connectivity index (χ0v) is 9.53. The summed E-state index contributed by atoms with van der Waals surface area (Å²) in [6.07, 6.45) is 0. The molecule has 0 atom stereocenters. The maximum Gasteiger partial charge on any atom is 0.406 e. The molecule has 5 nitrogen and oxygen atoms in total. The summed E-state index contributed by atoms with van der Waals surface area (Å²) in [4.78, 5) is 13.9. The number of ether oxygens (including phenoxy) is 1. The molecule has 1 heterocycles. The highest BCUT2D eigenvalue weighted by Gasteiger charge is 2.17. The second kappa shape index (κ2) is 5.46. The van der Waals surface area contributed by atoms with Crippen LogP contribution in [-0.4, -0.2) is 22.4 Å². The van der Waals surface area contributed by atoms with Crippen molar-refractivity contribution in [1.82, 2.24) is 4.98 Å². The highest BCUT2D eigenvalue weighted by molar-refractivity contribution is 6.19. The van der Waals surface area contributed by atoms with Crippen LogP contribution in [0.2, 0.25) is 0 Å². The monoisotopic (exact) mass is 242 g/mol. The number of hydrogen-bond donors (Lipinski definition) is 0. The molecule has 0 bridgehead atoms. The van der Waals surface area contributed by atoms with Crippen LogP contribution in [0.3, 0.4) is 0 Å². The summed E-state index contributed by atoms with van der Waals surface area (Å²) < 4.78 is 5.22. The van der Waals surface area contributed by atoms with Gasteiger partial charge in [-0.3, -0.25) is 0 Å². The van der Waals surface area contributed by atoms with Gasteiger partial charge in [-0.2, -0.15) is 0 Å². The number of nitro groups is 1. The molecule has 1 rings (SSSR count). The Balaban J connectivity index is 2.87. The molecule has 0 aliphatic rings. The number of alkyl halides is 1. The minimum atomic E-state index is -0.578. The Hall–Kier alpha value is -1.62. The number of aryl methyl sites for hydroxylation is 1. The molecule has 0 aliphatic heterocycles. The van der Waals surface area contributed by atoms with E-state index in [0.717, 1.165) is 0 Å². The Morgan fingerprint density at radius 2 is 2.38 bits per heavy atom. The van der Waals surface area contributed by atoms with Crippen molar-refractivity contribution in [3.63, 3.8) is 0 Å². The number of pyridine rings is 1. The van der Waals surface area contributed by atoms with Crippen molar-refractivity contribution in [3.8, 4) is 5.75 Å². The van der Waals surface area contributed by atoms with Crippen LogP contribution in [-0.2, 0) is 0 Å². The summed E-state index contributed by atoms with van der Waals surface area (Å²) in [5, 5.41) is 10.7. The third-order valence-corrected chi connectivity index (χ3v) is 2.15. The van der Waals surface area contributed by atoms with Crippen LogP contribution in [0.25, 0.3) is 0 Å². The van der Waals surface area contributed by atoms with Gasteiger partial charge in [0.1, 0.15) is 12.3 Å². The van der Waals surface area contributed by atoms with E-state index in [1.807, 2.05) is 0 Å². The number of nitrogens with zero attached hydrogens (tertiary/aromatic N) is 2. The van der Waals surface area contributed by atoms with Gasteiger partial charge >= 0.3 is 5.82 Å². The van der Waals surface area contributed by atoms with E-state index in [4.69, 9.17) is 16.3 Å². The lowest BCUT2D eigenvalue weighted by atomic mass is 10.3. The summed E-state index contributed by atoms with van der Waals surface area (Å²) in [6.45, 7) is 5.46. The zero-order chi connectivity index (χ0) is 12.1. The Morgan fingerprint density at radius 1 is 1.69 bits per heavy atom. The predicted octanol–water partition coefficient (Wildman–Crippen LogP) is 2.47. The van der Waals surface area contributed by atoms with Crippen LogP contribution in [0.1, 0.15) is 5.69 Å². The van der Waals surface area contributed by atoms with Crippen molar-refractivity contribution >= 4 is 17.4 Å². The van der Waals surface area contributed by atoms with Gasteiger partial charge in [-0.25, -0.2) is 0 Å². The number of hydrogen-bond acceptors (Lipinski definition) is 4. The molecule has 0 radical (unpaired) electrons. The van der Waals surface area contributed by atoms with E-state index in [0.29, 0.717) is 11.3 Å². The van der Waals surface area contributed by atoms with Gasteiger partial charge in [0.15, 0.2) is 0 Å². The number of aromatic nitrogens is 1.